The number of phosphoric ester groups is 2. The predicted octanol–water partition coefficient (Wildman–Crippen LogP) is 6.34. The van der Waals surface area contributed by atoms with Gasteiger partial charge < -0.3 is 34.0 Å². The zero-order chi connectivity index (χ0) is 52.8. The molecule has 0 bridgehead atoms. The zero-order valence-electron chi connectivity index (χ0n) is 46.4. The van der Waals surface area contributed by atoms with E-state index in [9.17, 15) is 43.6 Å². The summed E-state index contributed by atoms with van der Waals surface area (Å²) in [5, 5.41) is 21.7. The van der Waals surface area contributed by atoms with Gasteiger partial charge in [0.15, 0.2) is 5.78 Å². The van der Waals surface area contributed by atoms with Gasteiger partial charge in [-0.15, -0.1) is 0 Å². The molecule has 8 aliphatic carbocycles. The number of benzene rings is 2. The number of rotatable bonds is 12. The van der Waals surface area contributed by atoms with Crippen LogP contribution in [0.5, 0.6) is 0 Å². The fourth-order valence-electron chi connectivity index (χ4n) is 17.8. The van der Waals surface area contributed by atoms with E-state index in [2.05, 4.69) is 48.1 Å². The first-order valence-corrected chi connectivity index (χ1v) is 31.7. The molecule has 2 aromatic carbocycles. The predicted molar refractivity (Wildman–Crippen MR) is 288 cm³/mol. The topological polar surface area (TPSA) is 203 Å². The molecular formula is C59H89BrNa2O12P2. The molecule has 3 N–H and O–H groups in total. The van der Waals surface area contributed by atoms with Gasteiger partial charge in [0.2, 0.25) is 0 Å². The van der Waals surface area contributed by atoms with E-state index in [4.69, 9.17) is 9.05 Å². The van der Waals surface area contributed by atoms with Crippen molar-refractivity contribution in [2.45, 2.75) is 189 Å². The molecule has 8 saturated carbocycles. The summed E-state index contributed by atoms with van der Waals surface area (Å²) in [6.07, 6.45) is 19.7. The van der Waals surface area contributed by atoms with Crippen molar-refractivity contribution in [1.29, 1.82) is 0 Å². The Balaban J connectivity index is 0.000000211. The average molecular weight is 1180 g/mol. The van der Waals surface area contributed by atoms with Gasteiger partial charge in [0.1, 0.15) is 12.4 Å². The van der Waals surface area contributed by atoms with Gasteiger partial charge in [-0.2, -0.15) is 0 Å². The van der Waals surface area contributed by atoms with Crippen molar-refractivity contribution >= 4 is 43.1 Å². The second kappa shape index (κ2) is 26.5. The molecule has 0 amide bonds. The van der Waals surface area contributed by atoms with Crippen LogP contribution in [0.2, 0.25) is 0 Å². The molecule has 76 heavy (non-hydrogen) atoms. The Morgan fingerprint density at radius 2 is 0.934 bits per heavy atom. The number of carbonyl (C=O) groups is 2. The summed E-state index contributed by atoms with van der Waals surface area (Å²) in [6.45, 7) is 13.1. The normalized spacial score (nSPS) is 40.0. The number of ketones is 2. The van der Waals surface area contributed by atoms with E-state index in [1.165, 1.54) is 38.5 Å². The summed E-state index contributed by atoms with van der Waals surface area (Å²) in [6, 6.07) is 18.4. The minimum atomic E-state index is -5.12. The van der Waals surface area contributed by atoms with Crippen LogP contribution in [0.4, 0.5) is 0 Å². The van der Waals surface area contributed by atoms with Gasteiger partial charge in [0, 0.05) is 11.8 Å². The molecule has 0 heterocycles. The molecule has 0 radical (unpaired) electrons. The van der Waals surface area contributed by atoms with Gasteiger partial charge in [-0.1, -0.05) is 112 Å². The van der Waals surface area contributed by atoms with Crippen molar-refractivity contribution in [2.75, 3.05) is 11.9 Å². The molecule has 416 valence electrons. The van der Waals surface area contributed by atoms with Crippen LogP contribution < -0.4 is 68.9 Å². The molecule has 2 aromatic rings. The van der Waals surface area contributed by atoms with Gasteiger partial charge in [0.25, 0.3) is 0 Å². The second-order valence-corrected chi connectivity index (χ2v) is 29.0. The minimum absolute atomic E-state index is 0. The summed E-state index contributed by atoms with van der Waals surface area (Å²) in [5.74, 6) is 5.66. The molecule has 8 fully saturated rings. The van der Waals surface area contributed by atoms with Crippen molar-refractivity contribution in [3.05, 3.63) is 71.8 Å². The number of phosphoric acid groups is 2. The summed E-state index contributed by atoms with van der Waals surface area (Å²) in [4.78, 5) is 56.4. The Kier molecular flexibility index (Phi) is 23.5. The van der Waals surface area contributed by atoms with Crippen LogP contribution in [-0.4, -0.2) is 49.8 Å². The molecule has 8 aliphatic rings. The summed E-state index contributed by atoms with van der Waals surface area (Å²) >= 11 is 3.43. The van der Waals surface area contributed by atoms with Gasteiger partial charge in [-0.3, -0.25) is 18.6 Å². The maximum atomic E-state index is 12.7. The molecule has 12 nitrogen and oxygen atoms in total. The van der Waals surface area contributed by atoms with Crippen molar-refractivity contribution in [3.8, 4) is 0 Å². The van der Waals surface area contributed by atoms with E-state index < -0.39 is 33.5 Å². The number of alkyl halides is 1. The van der Waals surface area contributed by atoms with Crippen molar-refractivity contribution in [3.63, 3.8) is 0 Å². The SMILES string of the molecule is C.C[C@@]1(O)CC[C@@]2(C)C(CC[C@@H]3C2CC[C@]2(C)[C@@H](C(=O)CBr)CC[C@@H]32)C1.C[C@@]1(O)CC[C@@]2(C)C(CC[C@@H]3C2CC[C@]2(C)[C@@H](C(=O)COP(=O)([O-])[O-])CC[C@@H]32)C1.O=P(O)(OCc1ccccc1)OCc1ccccc1.[Na+].[Na+]. The number of Topliss-reactive ketones (excluding diaryl/α,β-unsaturated/α-hetero) is 2. The Labute approximate surface area is 508 Å². The number of aliphatic hydroxyl groups is 2. The Bertz CT molecular complexity index is 2290. The van der Waals surface area contributed by atoms with E-state index in [-0.39, 0.29) is 114 Å². The van der Waals surface area contributed by atoms with Gasteiger partial charge >= 0.3 is 66.9 Å². The standard InChI is InChI=1S/C22H35BrO2.C22H37O6P.C14H15O4P.CH4.2Na/c1-20(25)10-11-21(2)14(12-20)4-5-15-16-6-7-18(19(24)13-23)22(16,3)9-8-17(15)21;1-20(24)10-11-21(2)14(12-20)4-5-15-16-6-7-18(19(23)13-28-29(25,26)27)22(16,3)9-8-17(15)21;15-19(16,17-11-13-7-3-1-4-8-13)18-12-14-9-5-2-6-10-14;;;/h14-18,25H,4-13H2,1-3H3;14-18,24H,4-13H2,1-3H3,(H2,25,26,27);1-10H,11-12H2,(H,15,16);1H4;;/q;;;;2*+1/p-2/t2*14?,15-,16-,17?,18+,20+,21-,22-;;;;/m00..../s1. The van der Waals surface area contributed by atoms with Gasteiger partial charge in [0.05, 0.1) is 37.6 Å². The van der Waals surface area contributed by atoms with E-state index in [1.54, 1.807) is 0 Å². The van der Waals surface area contributed by atoms with E-state index in [1.807, 2.05) is 74.5 Å². The van der Waals surface area contributed by atoms with E-state index in [0.717, 1.165) is 106 Å². The maximum Gasteiger partial charge on any atom is 1.00 e. The van der Waals surface area contributed by atoms with Crippen LogP contribution in [0, 0.1) is 80.8 Å². The Morgan fingerprint density at radius 3 is 1.32 bits per heavy atom. The van der Waals surface area contributed by atoms with Gasteiger partial charge in [-0.25, -0.2) is 4.57 Å². The Morgan fingerprint density at radius 1 is 0.553 bits per heavy atom. The van der Waals surface area contributed by atoms with Crippen LogP contribution in [0.3, 0.4) is 0 Å². The first-order valence-electron chi connectivity index (χ1n) is 27.6. The number of fused-ring (bicyclic) bond motifs is 10. The molecule has 4 unspecified atom stereocenters. The molecule has 0 aromatic heterocycles. The largest absolute Gasteiger partial charge is 1.00 e. The average Bonchev–Trinajstić information content (AvgIpc) is 3.90. The molecule has 0 saturated heterocycles. The molecule has 17 heteroatoms. The fraction of sp³-hybridized carbons (Fsp3) is 0.763. The van der Waals surface area contributed by atoms with E-state index >= 15 is 0 Å². The third kappa shape index (κ3) is 14.8. The smallest absolute Gasteiger partial charge is 0.790 e. The molecular weight excluding hydrogens is 1090 g/mol. The first kappa shape index (κ1) is 67.2. The zero-order valence-corrected chi connectivity index (χ0v) is 53.8. The summed E-state index contributed by atoms with van der Waals surface area (Å²) in [7, 11) is -9.14. The number of halogens is 1. The third-order valence-corrected chi connectivity index (χ3v) is 23.6. The number of carbonyl (C=O) groups excluding carboxylic acids is 2. The Hall–Kier alpha value is 0.400. The monoisotopic (exact) mass is 1180 g/mol. The first-order chi connectivity index (χ1) is 34.2. The van der Waals surface area contributed by atoms with Crippen molar-refractivity contribution < 1.29 is 116 Å². The van der Waals surface area contributed by atoms with Crippen LogP contribution >= 0.6 is 31.6 Å². The van der Waals surface area contributed by atoms with E-state index in [0.29, 0.717) is 46.1 Å². The maximum absolute atomic E-state index is 12.7. The third-order valence-electron chi connectivity index (χ3n) is 21.7. The number of hydrogen-bond acceptors (Lipinski definition) is 11. The minimum Gasteiger partial charge on any atom is -0.790 e. The van der Waals surface area contributed by atoms with Crippen molar-refractivity contribution in [1.82, 2.24) is 0 Å². The van der Waals surface area contributed by atoms with Crippen LogP contribution in [0.25, 0.3) is 0 Å². The quantitative estimate of drug-likeness (QED) is 0.121. The molecule has 10 rings (SSSR count). The van der Waals surface area contributed by atoms with Gasteiger partial charge in [-0.05, 0) is 210 Å². The molecule has 0 aliphatic heterocycles. The van der Waals surface area contributed by atoms with Crippen molar-refractivity contribution in [2.24, 2.45) is 80.8 Å². The fourth-order valence-corrected chi connectivity index (χ4v) is 19.1. The molecule has 16 atom stereocenters. The summed E-state index contributed by atoms with van der Waals surface area (Å²) < 4.78 is 36.6. The molecule has 0 spiro atoms. The van der Waals surface area contributed by atoms with Crippen LogP contribution in [0.15, 0.2) is 60.7 Å². The summed E-state index contributed by atoms with van der Waals surface area (Å²) in [5.41, 5.74) is 1.48. The second-order valence-electron chi connectivity index (χ2n) is 25.8. The van der Waals surface area contributed by atoms with Crippen LogP contribution in [-0.2, 0) is 45.5 Å². The number of hydrogen-bond donors (Lipinski definition) is 3. The van der Waals surface area contributed by atoms with Crippen LogP contribution in [0.1, 0.15) is 176 Å².